The van der Waals surface area contributed by atoms with Crippen molar-refractivity contribution in [3.8, 4) is 0 Å². The molecule has 80 valence electrons. The fraction of sp³-hybridized carbons (Fsp3) is 0.333. The lowest BCUT2D eigenvalue weighted by atomic mass is 10.3. The van der Waals surface area contributed by atoms with Gasteiger partial charge in [-0.2, -0.15) is 12.6 Å². The summed E-state index contributed by atoms with van der Waals surface area (Å²) in [5.41, 5.74) is 1.22. The maximum atomic E-state index is 4.29. The Morgan fingerprint density at radius 3 is 2.93 bits per heavy atom. The third-order valence-corrected chi connectivity index (χ3v) is 4.23. The number of nitrogens with one attached hydrogen (secondary N) is 1. The number of thioether (sulfide) groups is 1. The first-order valence-electron chi connectivity index (χ1n) is 5.11. The summed E-state index contributed by atoms with van der Waals surface area (Å²) in [6.07, 6.45) is 0. The maximum absolute atomic E-state index is 4.29. The van der Waals surface area contributed by atoms with E-state index in [1.807, 2.05) is 11.8 Å². The number of hydrogen-bond donors (Lipinski definition) is 2. The van der Waals surface area contributed by atoms with Gasteiger partial charge in [-0.1, -0.05) is 25.1 Å². The van der Waals surface area contributed by atoms with Crippen LogP contribution in [0.1, 0.15) is 6.92 Å². The number of rotatable bonds is 4. The van der Waals surface area contributed by atoms with Crippen molar-refractivity contribution in [2.45, 2.75) is 11.9 Å². The predicted molar refractivity (Wildman–Crippen MR) is 72.0 cm³/mol. The van der Waals surface area contributed by atoms with E-state index in [0.29, 0.717) is 5.92 Å². The number of benzene rings is 1. The molecule has 1 atom stereocenters. The topological polar surface area (TPSA) is 15.8 Å². The molecule has 0 aliphatic rings. The molecule has 0 aliphatic heterocycles. The van der Waals surface area contributed by atoms with E-state index in [1.165, 1.54) is 15.9 Å². The Balaban J connectivity index is 2.09. The maximum Gasteiger partial charge on any atom is 0.0732 e. The van der Waals surface area contributed by atoms with Crippen LogP contribution in [-0.2, 0) is 0 Å². The second-order valence-corrected chi connectivity index (χ2v) is 5.25. The molecule has 0 bridgehead atoms. The molecule has 1 N–H and O–H groups in total. The van der Waals surface area contributed by atoms with E-state index < -0.39 is 0 Å². The van der Waals surface area contributed by atoms with Crippen LogP contribution in [0.3, 0.4) is 0 Å². The third kappa shape index (κ3) is 2.73. The predicted octanol–water partition coefficient (Wildman–Crippen LogP) is 3.83. The molecule has 0 amide bonds. The van der Waals surface area contributed by atoms with E-state index >= 15 is 0 Å². The van der Waals surface area contributed by atoms with Crippen molar-refractivity contribution in [1.82, 2.24) is 4.98 Å². The number of fused-ring (bicyclic) bond motifs is 1. The Labute approximate surface area is 100 Å². The normalized spacial score (nSPS) is 13.2. The van der Waals surface area contributed by atoms with Crippen molar-refractivity contribution < 1.29 is 0 Å². The second-order valence-electron chi connectivity index (χ2n) is 3.82. The summed E-state index contributed by atoms with van der Waals surface area (Å²) in [5, 5.41) is 2.54. The van der Waals surface area contributed by atoms with Crippen LogP contribution in [0, 0.1) is 5.92 Å². The van der Waals surface area contributed by atoms with Gasteiger partial charge in [0.05, 0.1) is 5.03 Å². The van der Waals surface area contributed by atoms with E-state index in [2.05, 4.69) is 54.9 Å². The van der Waals surface area contributed by atoms with Gasteiger partial charge in [-0.3, -0.25) is 0 Å². The molecule has 15 heavy (non-hydrogen) atoms. The molecule has 0 saturated carbocycles. The van der Waals surface area contributed by atoms with Gasteiger partial charge in [-0.25, -0.2) is 0 Å². The summed E-state index contributed by atoms with van der Waals surface area (Å²) in [6, 6.07) is 10.6. The molecular weight excluding hydrogens is 222 g/mol. The smallest absolute Gasteiger partial charge is 0.0732 e. The van der Waals surface area contributed by atoms with Crippen LogP contribution in [-0.4, -0.2) is 16.5 Å². The van der Waals surface area contributed by atoms with Crippen molar-refractivity contribution >= 4 is 35.3 Å². The summed E-state index contributed by atoms with van der Waals surface area (Å²) in [4.78, 5) is 3.41. The lowest BCUT2D eigenvalue weighted by Crippen LogP contribution is -1.98. The molecule has 0 aliphatic carbocycles. The lowest BCUT2D eigenvalue weighted by Gasteiger charge is -2.04. The minimum atomic E-state index is 0.657. The van der Waals surface area contributed by atoms with Crippen molar-refractivity contribution in [3.63, 3.8) is 0 Å². The van der Waals surface area contributed by atoms with Crippen molar-refractivity contribution in [2.24, 2.45) is 5.92 Å². The minimum absolute atomic E-state index is 0.657. The Morgan fingerprint density at radius 1 is 1.40 bits per heavy atom. The van der Waals surface area contributed by atoms with Crippen LogP contribution in [0.15, 0.2) is 35.4 Å². The number of thiol groups is 1. The summed E-state index contributed by atoms with van der Waals surface area (Å²) in [6.45, 7) is 2.22. The zero-order valence-electron chi connectivity index (χ0n) is 8.73. The van der Waals surface area contributed by atoms with E-state index in [9.17, 15) is 0 Å². The Kier molecular flexibility index (Phi) is 3.65. The average Bonchev–Trinajstić information content (AvgIpc) is 2.68. The molecule has 1 heterocycles. The van der Waals surface area contributed by atoms with Gasteiger partial charge in [0.2, 0.25) is 0 Å². The average molecular weight is 237 g/mol. The number of para-hydroxylation sites is 1. The first-order chi connectivity index (χ1) is 7.29. The molecule has 0 fully saturated rings. The monoisotopic (exact) mass is 237 g/mol. The van der Waals surface area contributed by atoms with Crippen molar-refractivity contribution in [2.75, 3.05) is 11.5 Å². The summed E-state index contributed by atoms with van der Waals surface area (Å²) in [7, 11) is 0. The van der Waals surface area contributed by atoms with Crippen LogP contribution in [0.5, 0.6) is 0 Å². The van der Waals surface area contributed by atoms with Gasteiger partial charge < -0.3 is 4.98 Å². The highest BCUT2D eigenvalue weighted by Gasteiger charge is 2.03. The van der Waals surface area contributed by atoms with Gasteiger partial charge >= 0.3 is 0 Å². The number of aromatic nitrogens is 1. The largest absolute Gasteiger partial charge is 0.350 e. The molecule has 2 rings (SSSR count). The number of H-pyrrole nitrogens is 1. The van der Waals surface area contributed by atoms with Crippen LogP contribution in [0.2, 0.25) is 0 Å². The zero-order valence-corrected chi connectivity index (χ0v) is 10.4. The molecule has 2 aromatic rings. The van der Waals surface area contributed by atoms with Crippen molar-refractivity contribution in [1.29, 1.82) is 0 Å². The molecule has 1 aromatic carbocycles. The standard InChI is InChI=1S/C12H15NS2/c1-9(7-14)8-15-12-6-10-4-2-3-5-11(10)13-12/h2-6,9,13-14H,7-8H2,1H3. The first-order valence-corrected chi connectivity index (χ1v) is 6.73. The lowest BCUT2D eigenvalue weighted by molar-refractivity contribution is 0.766. The molecule has 0 spiro atoms. The fourth-order valence-corrected chi connectivity index (χ4v) is 2.69. The van der Waals surface area contributed by atoms with Crippen LogP contribution < -0.4 is 0 Å². The first kappa shape index (κ1) is 11.0. The van der Waals surface area contributed by atoms with E-state index in [1.54, 1.807) is 0 Å². The fourth-order valence-electron chi connectivity index (χ4n) is 1.41. The third-order valence-electron chi connectivity index (χ3n) is 2.34. The van der Waals surface area contributed by atoms with E-state index in [0.717, 1.165) is 11.5 Å². The number of hydrogen-bond acceptors (Lipinski definition) is 2. The molecule has 1 aromatic heterocycles. The quantitative estimate of drug-likeness (QED) is 0.610. The van der Waals surface area contributed by atoms with Crippen LogP contribution in [0.4, 0.5) is 0 Å². The SMILES string of the molecule is CC(CS)CSc1cc2ccccc2[nH]1. The Hall–Kier alpha value is -0.540. The minimum Gasteiger partial charge on any atom is -0.350 e. The highest BCUT2D eigenvalue weighted by molar-refractivity contribution is 7.99. The molecule has 1 nitrogen and oxygen atoms in total. The molecule has 0 saturated heterocycles. The Morgan fingerprint density at radius 2 is 2.20 bits per heavy atom. The molecule has 3 heteroatoms. The molecule has 0 radical (unpaired) electrons. The molecule has 1 unspecified atom stereocenters. The van der Waals surface area contributed by atoms with Crippen LogP contribution in [0.25, 0.3) is 10.9 Å². The molecular formula is C12H15NS2. The summed E-state index contributed by atoms with van der Waals surface area (Å²) < 4.78 is 0. The van der Waals surface area contributed by atoms with E-state index in [-0.39, 0.29) is 0 Å². The van der Waals surface area contributed by atoms with Gasteiger partial charge in [0.15, 0.2) is 0 Å². The van der Waals surface area contributed by atoms with Crippen molar-refractivity contribution in [3.05, 3.63) is 30.3 Å². The van der Waals surface area contributed by atoms with Gasteiger partial charge in [-0.05, 0) is 23.8 Å². The van der Waals surface area contributed by atoms with Gasteiger partial charge in [-0.15, -0.1) is 11.8 Å². The van der Waals surface area contributed by atoms with Gasteiger partial charge in [0.1, 0.15) is 0 Å². The van der Waals surface area contributed by atoms with Gasteiger partial charge in [0.25, 0.3) is 0 Å². The number of aromatic amines is 1. The highest BCUT2D eigenvalue weighted by Crippen LogP contribution is 2.24. The van der Waals surface area contributed by atoms with Crippen LogP contribution >= 0.6 is 24.4 Å². The van der Waals surface area contributed by atoms with Gasteiger partial charge in [0, 0.05) is 16.7 Å². The summed E-state index contributed by atoms with van der Waals surface area (Å²) >= 11 is 6.16. The summed E-state index contributed by atoms with van der Waals surface area (Å²) in [5.74, 6) is 2.73. The Bertz CT molecular complexity index is 403. The highest BCUT2D eigenvalue weighted by atomic mass is 32.2. The van der Waals surface area contributed by atoms with E-state index in [4.69, 9.17) is 0 Å². The zero-order chi connectivity index (χ0) is 10.7. The second kappa shape index (κ2) is 4.99.